The van der Waals surface area contributed by atoms with Crippen LogP contribution in [0.2, 0.25) is 0 Å². The molecule has 11 heteroatoms. The van der Waals surface area contributed by atoms with Gasteiger partial charge in [-0.1, -0.05) is 57.9 Å². The van der Waals surface area contributed by atoms with Crippen LogP contribution in [0, 0.1) is 6.92 Å². The Labute approximate surface area is 229 Å². The minimum atomic E-state index is -4.60. The molecule has 4 nitrogen and oxygen atoms in total. The third-order valence-corrected chi connectivity index (χ3v) is 7.00. The van der Waals surface area contributed by atoms with Gasteiger partial charge < -0.3 is 14.8 Å². The summed E-state index contributed by atoms with van der Waals surface area (Å²) < 4.78 is 91.2. The van der Waals surface area contributed by atoms with Crippen molar-refractivity contribution in [1.29, 1.82) is 0 Å². The van der Waals surface area contributed by atoms with Crippen LogP contribution >= 0.6 is 15.9 Å². The number of aryl methyl sites for hydroxylation is 1. The molecule has 3 aromatic carbocycles. The lowest BCUT2D eigenvalue weighted by molar-refractivity contribution is -0.138. The fourth-order valence-electron chi connectivity index (χ4n) is 4.33. The summed E-state index contributed by atoms with van der Waals surface area (Å²) in [5, 5.41) is 2.64. The molecule has 0 bridgehead atoms. The number of benzene rings is 3. The van der Waals surface area contributed by atoms with E-state index in [1.807, 2.05) is 0 Å². The normalized spacial score (nSPS) is 17.9. The van der Waals surface area contributed by atoms with E-state index in [1.165, 1.54) is 6.07 Å². The van der Waals surface area contributed by atoms with Crippen molar-refractivity contribution >= 4 is 22.0 Å². The first-order valence-electron chi connectivity index (χ1n) is 12.0. The number of hydrogen-bond acceptors (Lipinski definition) is 3. The van der Waals surface area contributed by atoms with Gasteiger partial charge in [0.2, 0.25) is 0 Å². The Morgan fingerprint density at radius 3 is 2.33 bits per heavy atom. The van der Waals surface area contributed by atoms with Crippen molar-refractivity contribution < 1.29 is 40.6 Å². The molecule has 39 heavy (non-hydrogen) atoms. The first kappa shape index (κ1) is 28.9. The highest BCUT2D eigenvalue weighted by Gasteiger charge is 2.42. The largest absolute Gasteiger partial charge is 0.445 e. The number of halogens is 7. The highest BCUT2D eigenvalue weighted by Crippen LogP contribution is 2.45. The third kappa shape index (κ3) is 7.76. The van der Waals surface area contributed by atoms with E-state index in [2.05, 4.69) is 21.2 Å². The van der Waals surface area contributed by atoms with E-state index in [0.29, 0.717) is 15.6 Å². The van der Waals surface area contributed by atoms with Crippen molar-refractivity contribution in [2.45, 2.75) is 57.0 Å². The van der Waals surface area contributed by atoms with Gasteiger partial charge in [0.15, 0.2) is 0 Å². The standard InChI is InChI=1S/C28H24BrF6NO3/c1-16-11-18(13-20(12-16)28(33,34)35)25-24(39-25)10-9-23(21-14-19(27(30,31)32)7-8-22(21)29)36-26(37)38-15-17-5-3-2-4-6-17/h2-8,11-14,23-25H,9-10,15H2,1H3,(H,36,37)/t23-,24+,25-/m0/s1. The number of alkyl carbamates (subject to hydrolysis) is 1. The number of epoxide rings is 1. The van der Waals surface area contributed by atoms with Gasteiger partial charge in [0.05, 0.1) is 23.3 Å². The van der Waals surface area contributed by atoms with E-state index in [1.54, 1.807) is 43.3 Å². The van der Waals surface area contributed by atoms with Crippen LogP contribution in [0.3, 0.4) is 0 Å². The van der Waals surface area contributed by atoms with Gasteiger partial charge in [0.25, 0.3) is 0 Å². The Kier molecular flexibility index (Phi) is 8.60. The maximum Gasteiger partial charge on any atom is 0.416 e. The van der Waals surface area contributed by atoms with E-state index in [-0.39, 0.29) is 25.0 Å². The van der Waals surface area contributed by atoms with Crippen molar-refractivity contribution in [3.05, 3.63) is 105 Å². The third-order valence-electron chi connectivity index (χ3n) is 6.28. The van der Waals surface area contributed by atoms with Crippen molar-refractivity contribution in [3.8, 4) is 0 Å². The highest BCUT2D eigenvalue weighted by atomic mass is 79.9. The van der Waals surface area contributed by atoms with Crippen LogP contribution in [-0.2, 0) is 28.4 Å². The Hall–Kier alpha value is -3.05. The summed E-state index contributed by atoms with van der Waals surface area (Å²) in [7, 11) is 0. The Bertz CT molecular complexity index is 1310. The molecule has 0 aromatic heterocycles. The summed E-state index contributed by atoms with van der Waals surface area (Å²) in [5.74, 6) is 0. The lowest BCUT2D eigenvalue weighted by Gasteiger charge is -2.21. The van der Waals surface area contributed by atoms with Gasteiger partial charge in [-0.25, -0.2) is 4.79 Å². The SMILES string of the molecule is Cc1cc([C@@H]2O[C@@H]2CC[C@H](NC(=O)OCc2ccccc2)c2cc(C(F)(F)F)ccc2Br)cc(C(F)(F)F)c1. The average molecular weight is 616 g/mol. The number of ether oxygens (including phenoxy) is 2. The summed E-state index contributed by atoms with van der Waals surface area (Å²) in [4.78, 5) is 12.6. The zero-order chi connectivity index (χ0) is 28.4. The van der Waals surface area contributed by atoms with Gasteiger partial charge in [0, 0.05) is 4.47 Å². The predicted octanol–water partition coefficient (Wildman–Crippen LogP) is 8.68. The summed E-state index contributed by atoms with van der Waals surface area (Å²) in [6.07, 6.45) is -10.5. The molecule has 1 N–H and O–H groups in total. The van der Waals surface area contributed by atoms with Crippen LogP contribution < -0.4 is 5.32 Å². The van der Waals surface area contributed by atoms with Crippen LogP contribution in [0.15, 0.2) is 71.2 Å². The fraction of sp³-hybridized carbons (Fsp3) is 0.321. The average Bonchev–Trinajstić information content (AvgIpc) is 3.64. The molecule has 208 valence electrons. The van der Waals surface area contributed by atoms with Crippen LogP contribution in [0.25, 0.3) is 0 Å². The van der Waals surface area contributed by atoms with Crippen LogP contribution in [0.1, 0.15) is 58.4 Å². The summed E-state index contributed by atoms with van der Waals surface area (Å²) in [5.41, 5.74) is 0.0659. The maximum atomic E-state index is 13.4. The number of alkyl halides is 6. The Balaban J connectivity index is 1.49. The molecule has 0 unspecified atom stereocenters. The topological polar surface area (TPSA) is 50.9 Å². The number of rotatable bonds is 8. The van der Waals surface area contributed by atoms with E-state index in [0.717, 1.165) is 29.8 Å². The van der Waals surface area contributed by atoms with Gasteiger partial charge >= 0.3 is 18.4 Å². The first-order valence-corrected chi connectivity index (χ1v) is 12.8. The molecule has 1 amide bonds. The van der Waals surface area contributed by atoms with E-state index in [9.17, 15) is 31.1 Å². The molecule has 0 aliphatic carbocycles. The molecule has 0 saturated carbocycles. The van der Waals surface area contributed by atoms with Gasteiger partial charge in [-0.3, -0.25) is 0 Å². The molecule has 0 radical (unpaired) electrons. The van der Waals surface area contributed by atoms with E-state index >= 15 is 0 Å². The van der Waals surface area contributed by atoms with Crippen molar-refractivity contribution in [2.24, 2.45) is 0 Å². The number of hydrogen-bond donors (Lipinski definition) is 1. The number of carbonyl (C=O) groups excluding carboxylic acids is 1. The second-order valence-corrected chi connectivity index (χ2v) is 10.1. The molecular weight excluding hydrogens is 592 g/mol. The number of amides is 1. The van der Waals surface area contributed by atoms with Crippen LogP contribution in [0.5, 0.6) is 0 Å². The van der Waals surface area contributed by atoms with Gasteiger partial charge in [0.1, 0.15) is 12.7 Å². The molecule has 1 heterocycles. The molecule has 3 aromatic rings. The molecule has 1 saturated heterocycles. The van der Waals surface area contributed by atoms with Gasteiger partial charge in [-0.15, -0.1) is 0 Å². The molecular formula is C28H24BrF6NO3. The number of nitrogens with one attached hydrogen (secondary N) is 1. The first-order chi connectivity index (χ1) is 18.3. The van der Waals surface area contributed by atoms with Gasteiger partial charge in [-0.05, 0) is 66.8 Å². The predicted molar refractivity (Wildman–Crippen MR) is 135 cm³/mol. The zero-order valence-corrected chi connectivity index (χ0v) is 22.2. The minimum Gasteiger partial charge on any atom is -0.445 e. The Morgan fingerprint density at radius 2 is 1.67 bits per heavy atom. The summed E-state index contributed by atoms with van der Waals surface area (Å²) >= 11 is 3.27. The minimum absolute atomic E-state index is 0.0359. The zero-order valence-electron chi connectivity index (χ0n) is 20.6. The van der Waals surface area contributed by atoms with Crippen molar-refractivity contribution in [1.82, 2.24) is 5.32 Å². The molecule has 0 spiro atoms. The molecule has 1 aliphatic rings. The van der Waals surface area contributed by atoms with E-state index < -0.39 is 47.8 Å². The van der Waals surface area contributed by atoms with Crippen LogP contribution in [-0.4, -0.2) is 12.2 Å². The smallest absolute Gasteiger partial charge is 0.416 e. The van der Waals surface area contributed by atoms with Crippen molar-refractivity contribution in [2.75, 3.05) is 0 Å². The van der Waals surface area contributed by atoms with Crippen molar-refractivity contribution in [3.63, 3.8) is 0 Å². The molecule has 4 rings (SSSR count). The molecule has 1 fully saturated rings. The summed E-state index contributed by atoms with van der Waals surface area (Å²) in [6, 6.07) is 14.8. The monoisotopic (exact) mass is 615 g/mol. The number of carbonyl (C=O) groups is 1. The lowest BCUT2D eigenvalue weighted by Crippen LogP contribution is -2.30. The fourth-order valence-corrected chi connectivity index (χ4v) is 4.85. The maximum absolute atomic E-state index is 13.4. The summed E-state index contributed by atoms with van der Waals surface area (Å²) in [6.45, 7) is 1.52. The molecule has 1 aliphatic heterocycles. The lowest BCUT2D eigenvalue weighted by atomic mass is 9.96. The van der Waals surface area contributed by atoms with E-state index in [4.69, 9.17) is 9.47 Å². The van der Waals surface area contributed by atoms with Crippen LogP contribution in [0.4, 0.5) is 31.1 Å². The highest BCUT2D eigenvalue weighted by molar-refractivity contribution is 9.10. The second-order valence-electron chi connectivity index (χ2n) is 9.30. The Morgan fingerprint density at radius 1 is 0.974 bits per heavy atom. The molecule has 3 atom stereocenters. The second kappa shape index (κ2) is 11.6. The quantitative estimate of drug-likeness (QED) is 0.204. The van der Waals surface area contributed by atoms with Gasteiger partial charge in [-0.2, -0.15) is 26.3 Å².